The Kier molecular flexibility index (Phi) is 8.03. The molecule has 0 N–H and O–H groups in total. The Bertz CT molecular complexity index is 69.3. The lowest BCUT2D eigenvalue weighted by atomic mass is 10.1. The largest absolute Gasteiger partial charge is 0.381 e. The predicted octanol–water partition coefficient (Wildman–Crippen LogP) is 3.24. The second kappa shape index (κ2) is 8.06. The third-order valence-corrected chi connectivity index (χ3v) is 1.73. The maximum absolute atomic E-state index is 5.45. The molecule has 1 nitrogen and oxygen atoms in total. The van der Waals surface area contributed by atoms with Crippen LogP contribution in [0.3, 0.4) is 0 Å². The first-order valence-corrected chi connectivity index (χ1v) is 4.85. The van der Waals surface area contributed by atoms with E-state index < -0.39 is 0 Å². The number of rotatable bonds is 7. The molecule has 0 aliphatic heterocycles. The Labute approximate surface area is 71.1 Å². The van der Waals surface area contributed by atoms with Crippen LogP contribution in [0.2, 0.25) is 0 Å². The van der Waals surface area contributed by atoms with Crippen molar-refractivity contribution >= 4 is 0 Å². The highest BCUT2D eigenvalue weighted by Crippen LogP contribution is 2.00. The fourth-order valence-electron chi connectivity index (χ4n) is 0.875. The fourth-order valence-corrected chi connectivity index (χ4v) is 0.875. The molecule has 0 aliphatic rings. The van der Waals surface area contributed by atoms with E-state index in [9.17, 15) is 0 Å². The van der Waals surface area contributed by atoms with E-state index in [1.54, 1.807) is 0 Å². The van der Waals surface area contributed by atoms with Gasteiger partial charge < -0.3 is 4.74 Å². The highest BCUT2D eigenvalue weighted by atomic mass is 16.5. The van der Waals surface area contributed by atoms with Crippen molar-refractivity contribution in [3.63, 3.8) is 0 Å². The van der Waals surface area contributed by atoms with E-state index in [1.807, 2.05) is 0 Å². The molecular weight excluding hydrogens is 136 g/mol. The average molecular weight is 158 g/mol. The fraction of sp³-hybridized carbons (Fsp3) is 1.00. The Morgan fingerprint density at radius 3 is 2.36 bits per heavy atom. The number of hydrogen-bond acceptors (Lipinski definition) is 1. The zero-order valence-corrected chi connectivity index (χ0v) is 8.23. The summed E-state index contributed by atoms with van der Waals surface area (Å²) < 4.78 is 5.45. The van der Waals surface area contributed by atoms with Crippen LogP contribution in [0.5, 0.6) is 0 Å². The molecule has 11 heavy (non-hydrogen) atoms. The van der Waals surface area contributed by atoms with Crippen LogP contribution in [0.25, 0.3) is 0 Å². The predicted molar refractivity (Wildman–Crippen MR) is 49.8 cm³/mol. The van der Waals surface area contributed by atoms with Gasteiger partial charge in [-0.3, -0.25) is 0 Å². The van der Waals surface area contributed by atoms with E-state index in [2.05, 4.69) is 20.8 Å². The molecule has 0 spiro atoms. The first kappa shape index (κ1) is 11.0. The van der Waals surface area contributed by atoms with Gasteiger partial charge in [0.25, 0.3) is 0 Å². The van der Waals surface area contributed by atoms with Crippen LogP contribution in [0.1, 0.15) is 46.5 Å². The standard InChI is InChI=1S/C10H22O/c1-4-5-6-8-11-9-7-10(2)3/h10H,4-9H2,1-3H3. The summed E-state index contributed by atoms with van der Waals surface area (Å²) in [6.45, 7) is 8.58. The molecule has 0 aromatic heterocycles. The van der Waals surface area contributed by atoms with Gasteiger partial charge in [-0.2, -0.15) is 0 Å². The van der Waals surface area contributed by atoms with Crippen molar-refractivity contribution in [3.05, 3.63) is 0 Å². The topological polar surface area (TPSA) is 9.23 Å². The smallest absolute Gasteiger partial charge is 0.0468 e. The lowest BCUT2D eigenvalue weighted by Gasteiger charge is -2.05. The monoisotopic (exact) mass is 158 g/mol. The minimum Gasteiger partial charge on any atom is -0.381 e. The van der Waals surface area contributed by atoms with Crippen LogP contribution in [0, 0.1) is 5.92 Å². The maximum Gasteiger partial charge on any atom is 0.0468 e. The normalized spacial score (nSPS) is 10.9. The van der Waals surface area contributed by atoms with Crippen molar-refractivity contribution in [2.45, 2.75) is 46.5 Å². The summed E-state index contributed by atoms with van der Waals surface area (Å²) in [6, 6.07) is 0. The van der Waals surface area contributed by atoms with Crippen LogP contribution >= 0.6 is 0 Å². The van der Waals surface area contributed by atoms with Crippen LogP contribution in [0.15, 0.2) is 0 Å². The SMILES string of the molecule is CCCCCOCCC(C)C. The van der Waals surface area contributed by atoms with Gasteiger partial charge >= 0.3 is 0 Å². The molecule has 1 heteroatoms. The van der Waals surface area contributed by atoms with Crippen LogP contribution in [-0.2, 0) is 4.74 Å². The van der Waals surface area contributed by atoms with Crippen molar-refractivity contribution in [2.75, 3.05) is 13.2 Å². The van der Waals surface area contributed by atoms with Gasteiger partial charge in [-0.15, -0.1) is 0 Å². The van der Waals surface area contributed by atoms with E-state index in [0.717, 1.165) is 19.1 Å². The van der Waals surface area contributed by atoms with E-state index >= 15 is 0 Å². The second-order valence-corrected chi connectivity index (χ2v) is 3.50. The zero-order valence-electron chi connectivity index (χ0n) is 8.23. The van der Waals surface area contributed by atoms with Crippen molar-refractivity contribution in [1.82, 2.24) is 0 Å². The summed E-state index contributed by atoms with van der Waals surface area (Å²) in [5.41, 5.74) is 0. The number of unbranched alkanes of at least 4 members (excludes halogenated alkanes) is 2. The molecule has 0 amide bonds. The minimum absolute atomic E-state index is 0.779. The van der Waals surface area contributed by atoms with E-state index in [4.69, 9.17) is 4.74 Å². The Morgan fingerprint density at radius 1 is 1.09 bits per heavy atom. The average Bonchev–Trinajstić information content (AvgIpc) is 1.96. The molecule has 68 valence electrons. The molecule has 0 saturated carbocycles. The van der Waals surface area contributed by atoms with Gasteiger partial charge in [-0.05, 0) is 18.8 Å². The molecule has 0 aliphatic carbocycles. The quantitative estimate of drug-likeness (QED) is 0.517. The molecule has 0 atom stereocenters. The number of hydrogen-bond donors (Lipinski definition) is 0. The second-order valence-electron chi connectivity index (χ2n) is 3.50. The van der Waals surface area contributed by atoms with Crippen molar-refractivity contribution in [1.29, 1.82) is 0 Å². The van der Waals surface area contributed by atoms with E-state index in [1.165, 1.54) is 25.7 Å². The Hall–Kier alpha value is -0.0400. The summed E-state index contributed by atoms with van der Waals surface area (Å²) in [4.78, 5) is 0. The van der Waals surface area contributed by atoms with Gasteiger partial charge in [0.15, 0.2) is 0 Å². The molecule has 0 rings (SSSR count). The molecule has 0 aromatic rings. The summed E-state index contributed by atoms with van der Waals surface area (Å²) in [6.07, 6.45) is 5.02. The van der Waals surface area contributed by atoms with Gasteiger partial charge in [0, 0.05) is 13.2 Å². The number of ether oxygens (including phenoxy) is 1. The molecule has 0 unspecified atom stereocenters. The Morgan fingerprint density at radius 2 is 1.82 bits per heavy atom. The highest BCUT2D eigenvalue weighted by molar-refractivity contribution is 4.43. The lowest BCUT2D eigenvalue weighted by molar-refractivity contribution is 0.120. The van der Waals surface area contributed by atoms with Crippen molar-refractivity contribution in [3.8, 4) is 0 Å². The summed E-state index contributed by atoms with van der Waals surface area (Å²) in [5.74, 6) is 0.779. The molecule has 0 saturated heterocycles. The zero-order chi connectivity index (χ0) is 8.53. The van der Waals surface area contributed by atoms with Gasteiger partial charge in [0.05, 0.1) is 0 Å². The maximum atomic E-state index is 5.45. The lowest BCUT2D eigenvalue weighted by Crippen LogP contribution is -2.00. The molecule has 0 aromatic carbocycles. The third kappa shape index (κ3) is 9.96. The third-order valence-electron chi connectivity index (χ3n) is 1.73. The van der Waals surface area contributed by atoms with Crippen LogP contribution in [0.4, 0.5) is 0 Å². The van der Waals surface area contributed by atoms with Gasteiger partial charge in [-0.1, -0.05) is 33.6 Å². The molecule has 0 heterocycles. The van der Waals surface area contributed by atoms with Crippen molar-refractivity contribution in [2.24, 2.45) is 5.92 Å². The molecule has 0 bridgehead atoms. The van der Waals surface area contributed by atoms with E-state index in [0.29, 0.717) is 0 Å². The molecule has 0 radical (unpaired) electrons. The highest BCUT2D eigenvalue weighted by Gasteiger charge is 1.92. The summed E-state index contributed by atoms with van der Waals surface area (Å²) in [5, 5.41) is 0. The summed E-state index contributed by atoms with van der Waals surface area (Å²) >= 11 is 0. The first-order chi connectivity index (χ1) is 5.27. The minimum atomic E-state index is 0.779. The van der Waals surface area contributed by atoms with Crippen molar-refractivity contribution < 1.29 is 4.74 Å². The van der Waals surface area contributed by atoms with E-state index in [-0.39, 0.29) is 0 Å². The van der Waals surface area contributed by atoms with Gasteiger partial charge in [-0.25, -0.2) is 0 Å². The van der Waals surface area contributed by atoms with Crippen LogP contribution < -0.4 is 0 Å². The Balaban J connectivity index is 2.80. The molecule has 0 fully saturated rings. The van der Waals surface area contributed by atoms with Gasteiger partial charge in [0.2, 0.25) is 0 Å². The van der Waals surface area contributed by atoms with Crippen LogP contribution in [-0.4, -0.2) is 13.2 Å². The first-order valence-electron chi connectivity index (χ1n) is 4.85. The van der Waals surface area contributed by atoms with Gasteiger partial charge in [0.1, 0.15) is 0 Å². The summed E-state index contributed by atoms with van der Waals surface area (Å²) in [7, 11) is 0. The molecular formula is C10H22O.